The number of thiazole rings is 1. The number of aromatic nitrogens is 1. The predicted octanol–water partition coefficient (Wildman–Crippen LogP) is 2.56. The fraction of sp³-hybridized carbons (Fsp3) is 0.222. The molecule has 0 spiro atoms. The lowest BCUT2D eigenvalue weighted by Crippen LogP contribution is -2.40. The molecule has 0 aliphatic carbocycles. The molecule has 0 fully saturated rings. The first-order valence-corrected chi connectivity index (χ1v) is 12.8. The van der Waals surface area contributed by atoms with E-state index in [1.807, 2.05) is 0 Å². The van der Waals surface area contributed by atoms with Crippen LogP contribution in [0.5, 0.6) is 11.5 Å². The molecule has 206 valence electrons. The van der Waals surface area contributed by atoms with Crippen LogP contribution < -0.4 is 24.4 Å². The molecule has 0 saturated heterocycles. The number of nitrogens with zero attached hydrogens (tertiary/aromatic N) is 3. The molecular formula is C27H23N3O9S. The molecule has 1 aromatic heterocycles. The maximum atomic E-state index is 13.8. The van der Waals surface area contributed by atoms with Crippen molar-refractivity contribution in [2.24, 2.45) is 4.99 Å². The summed E-state index contributed by atoms with van der Waals surface area (Å²) in [6.45, 7) is 5.74. The molecule has 2 aromatic carbocycles. The number of nitro groups is 1. The molecule has 0 radical (unpaired) electrons. The Morgan fingerprint density at radius 3 is 2.50 bits per heavy atom. The Hall–Kier alpha value is -4.91. The molecule has 4 rings (SSSR count). The molecule has 0 saturated carbocycles. The average Bonchev–Trinajstić information content (AvgIpc) is 3.18. The van der Waals surface area contributed by atoms with Crippen LogP contribution in [0.15, 0.2) is 63.5 Å². The number of carbonyl (C=O) groups is 3. The Bertz CT molecular complexity index is 1770. The van der Waals surface area contributed by atoms with Crippen LogP contribution in [0.1, 0.15) is 44.9 Å². The number of carbonyl (C=O) groups excluding carboxylic acids is 3. The fourth-order valence-electron chi connectivity index (χ4n) is 4.16. The predicted molar refractivity (Wildman–Crippen MR) is 143 cm³/mol. The zero-order valence-corrected chi connectivity index (χ0v) is 22.6. The van der Waals surface area contributed by atoms with Crippen LogP contribution in [0, 0.1) is 10.1 Å². The van der Waals surface area contributed by atoms with E-state index in [-0.39, 0.29) is 38.7 Å². The summed E-state index contributed by atoms with van der Waals surface area (Å²) in [4.78, 5) is 65.5. The zero-order chi connectivity index (χ0) is 29.1. The Kier molecular flexibility index (Phi) is 8.05. The highest BCUT2D eigenvalue weighted by molar-refractivity contribution is 7.07. The molecule has 1 aliphatic heterocycles. The molecule has 1 atom stereocenters. The second-order valence-corrected chi connectivity index (χ2v) is 9.55. The van der Waals surface area contributed by atoms with E-state index in [0.717, 1.165) is 11.3 Å². The third-order valence-corrected chi connectivity index (χ3v) is 6.68. The average molecular weight is 566 g/mol. The largest absolute Gasteiger partial charge is 0.463 e. The number of benzene rings is 2. The summed E-state index contributed by atoms with van der Waals surface area (Å²) in [5.41, 5.74) is 0.292. The van der Waals surface area contributed by atoms with Crippen molar-refractivity contribution in [3.8, 4) is 11.5 Å². The Labute approximate surface area is 230 Å². The summed E-state index contributed by atoms with van der Waals surface area (Å²) >= 11 is 1.02. The van der Waals surface area contributed by atoms with Crippen LogP contribution in [-0.2, 0) is 19.1 Å². The van der Waals surface area contributed by atoms with Gasteiger partial charge in [-0.3, -0.25) is 29.1 Å². The van der Waals surface area contributed by atoms with E-state index in [1.54, 1.807) is 19.9 Å². The van der Waals surface area contributed by atoms with Gasteiger partial charge >= 0.3 is 17.9 Å². The molecule has 0 amide bonds. The second kappa shape index (κ2) is 11.5. The van der Waals surface area contributed by atoms with E-state index < -0.39 is 34.4 Å². The lowest BCUT2D eigenvalue weighted by molar-refractivity contribution is -0.384. The standard InChI is InChI=1S/C27H23N3O9S/c1-5-37-26(34)23-14(2)28-27-29(24(23)18-7-6-8-19(11-18)30(35)36)25(33)22(40-27)12-17-9-10-20(38-15(3)31)13-21(17)39-16(4)32/h6-13,24H,5H2,1-4H3/b22-12+/t24-/m0/s1. The van der Waals surface area contributed by atoms with Crippen LogP contribution in [0.3, 0.4) is 0 Å². The molecule has 40 heavy (non-hydrogen) atoms. The number of esters is 3. The molecule has 2 heterocycles. The number of allylic oxidation sites excluding steroid dienone is 1. The van der Waals surface area contributed by atoms with Gasteiger partial charge in [-0.1, -0.05) is 23.5 Å². The normalized spacial score (nSPS) is 14.7. The SMILES string of the molecule is CCOC(=O)C1=C(C)N=c2s/c(=C/c3ccc(OC(C)=O)cc3OC(C)=O)c(=O)n2[C@H]1c1cccc([N+](=O)[O-])c1. The van der Waals surface area contributed by atoms with E-state index in [1.165, 1.54) is 60.9 Å². The fourth-order valence-corrected chi connectivity index (χ4v) is 5.20. The topological polar surface area (TPSA) is 156 Å². The quantitative estimate of drug-likeness (QED) is 0.182. The third-order valence-electron chi connectivity index (χ3n) is 5.70. The molecule has 0 unspecified atom stereocenters. The van der Waals surface area contributed by atoms with E-state index in [0.29, 0.717) is 16.8 Å². The maximum Gasteiger partial charge on any atom is 0.338 e. The van der Waals surface area contributed by atoms with E-state index >= 15 is 0 Å². The summed E-state index contributed by atoms with van der Waals surface area (Å²) in [6, 6.07) is 8.96. The van der Waals surface area contributed by atoms with Gasteiger partial charge in [0.1, 0.15) is 11.5 Å². The summed E-state index contributed by atoms with van der Waals surface area (Å²) < 4.78 is 17.0. The first-order chi connectivity index (χ1) is 19.0. The summed E-state index contributed by atoms with van der Waals surface area (Å²) in [5.74, 6) is -1.70. The Morgan fingerprint density at radius 1 is 1.12 bits per heavy atom. The van der Waals surface area contributed by atoms with E-state index in [9.17, 15) is 29.3 Å². The van der Waals surface area contributed by atoms with Crippen molar-refractivity contribution in [3.05, 3.63) is 94.7 Å². The molecule has 12 nitrogen and oxygen atoms in total. The summed E-state index contributed by atoms with van der Waals surface area (Å²) in [5, 5.41) is 11.5. The minimum atomic E-state index is -1.04. The van der Waals surface area contributed by atoms with Gasteiger partial charge in [0.2, 0.25) is 0 Å². The minimum absolute atomic E-state index is 0.0516. The van der Waals surface area contributed by atoms with E-state index in [2.05, 4.69) is 4.99 Å². The van der Waals surface area contributed by atoms with Crippen molar-refractivity contribution < 1.29 is 33.5 Å². The molecule has 13 heteroatoms. The van der Waals surface area contributed by atoms with Gasteiger partial charge in [0.05, 0.1) is 33.4 Å². The van der Waals surface area contributed by atoms with Crippen molar-refractivity contribution in [3.63, 3.8) is 0 Å². The number of nitro benzene ring substituents is 1. The monoisotopic (exact) mass is 565 g/mol. The van der Waals surface area contributed by atoms with Crippen LogP contribution in [-0.4, -0.2) is 34.0 Å². The molecule has 3 aromatic rings. The lowest BCUT2D eigenvalue weighted by Gasteiger charge is -2.24. The lowest BCUT2D eigenvalue weighted by atomic mass is 9.95. The number of rotatable bonds is 7. The minimum Gasteiger partial charge on any atom is -0.463 e. The van der Waals surface area contributed by atoms with Gasteiger partial charge in [-0.05, 0) is 37.6 Å². The Balaban J connectivity index is 1.95. The van der Waals surface area contributed by atoms with Crippen LogP contribution in [0.4, 0.5) is 5.69 Å². The maximum absolute atomic E-state index is 13.8. The van der Waals surface area contributed by atoms with Gasteiger partial charge in [-0.15, -0.1) is 0 Å². The highest BCUT2D eigenvalue weighted by Gasteiger charge is 2.34. The smallest absolute Gasteiger partial charge is 0.338 e. The van der Waals surface area contributed by atoms with Gasteiger partial charge < -0.3 is 14.2 Å². The number of ether oxygens (including phenoxy) is 3. The van der Waals surface area contributed by atoms with Crippen LogP contribution in [0.2, 0.25) is 0 Å². The van der Waals surface area contributed by atoms with Crippen molar-refractivity contribution in [2.45, 2.75) is 33.7 Å². The van der Waals surface area contributed by atoms with E-state index in [4.69, 9.17) is 14.2 Å². The highest BCUT2D eigenvalue weighted by atomic mass is 32.1. The van der Waals surface area contributed by atoms with Crippen molar-refractivity contribution >= 4 is 41.0 Å². The van der Waals surface area contributed by atoms with Gasteiger partial charge in [-0.25, -0.2) is 9.79 Å². The van der Waals surface area contributed by atoms with Gasteiger partial charge in [-0.2, -0.15) is 0 Å². The number of fused-ring (bicyclic) bond motifs is 1. The first-order valence-electron chi connectivity index (χ1n) is 11.9. The van der Waals surface area contributed by atoms with Crippen molar-refractivity contribution in [1.29, 1.82) is 0 Å². The molecule has 0 bridgehead atoms. The molecular weight excluding hydrogens is 542 g/mol. The Morgan fingerprint density at radius 2 is 1.85 bits per heavy atom. The van der Waals surface area contributed by atoms with Gasteiger partial charge in [0, 0.05) is 37.6 Å². The van der Waals surface area contributed by atoms with Crippen LogP contribution >= 0.6 is 11.3 Å². The molecule has 1 aliphatic rings. The number of hydrogen-bond acceptors (Lipinski definition) is 11. The summed E-state index contributed by atoms with van der Waals surface area (Å²) in [6.07, 6.45) is 1.48. The van der Waals surface area contributed by atoms with Crippen molar-refractivity contribution in [1.82, 2.24) is 4.57 Å². The number of hydrogen-bond donors (Lipinski definition) is 0. The van der Waals surface area contributed by atoms with Crippen LogP contribution in [0.25, 0.3) is 6.08 Å². The zero-order valence-electron chi connectivity index (χ0n) is 21.8. The van der Waals surface area contributed by atoms with Gasteiger partial charge in [0.15, 0.2) is 4.80 Å². The summed E-state index contributed by atoms with van der Waals surface area (Å²) in [7, 11) is 0. The first kappa shape index (κ1) is 28.1. The third kappa shape index (κ3) is 5.73. The highest BCUT2D eigenvalue weighted by Crippen LogP contribution is 2.32. The molecule has 0 N–H and O–H groups in total. The van der Waals surface area contributed by atoms with Gasteiger partial charge in [0.25, 0.3) is 11.2 Å². The second-order valence-electron chi connectivity index (χ2n) is 8.54. The number of non-ortho nitro benzene ring substituents is 1. The van der Waals surface area contributed by atoms with Crippen molar-refractivity contribution in [2.75, 3.05) is 6.61 Å².